The topological polar surface area (TPSA) is 96.0 Å². The van der Waals surface area contributed by atoms with Crippen molar-refractivity contribution in [2.45, 2.75) is 65.1 Å². The Balaban J connectivity index is 2.30. The maximum absolute atomic E-state index is 13.6. The number of amides is 2. The molecule has 0 aliphatic rings. The van der Waals surface area contributed by atoms with Crippen LogP contribution in [-0.2, 0) is 26.2 Å². The molecule has 0 radical (unpaired) electrons. The highest BCUT2D eigenvalue weighted by Gasteiger charge is 2.31. The van der Waals surface area contributed by atoms with Gasteiger partial charge in [-0.1, -0.05) is 47.8 Å². The third kappa shape index (κ3) is 9.74. The zero-order chi connectivity index (χ0) is 29.5. The van der Waals surface area contributed by atoms with Crippen LogP contribution in [0.4, 0.5) is 5.69 Å². The number of nitrogens with zero attached hydrogens (tertiary/aromatic N) is 2. The van der Waals surface area contributed by atoms with Crippen molar-refractivity contribution in [3.8, 4) is 5.75 Å². The minimum atomic E-state index is -3.67. The number of hydrogen-bond donors (Lipinski definition) is 1. The van der Waals surface area contributed by atoms with E-state index in [0.29, 0.717) is 33.5 Å². The first-order valence-corrected chi connectivity index (χ1v) is 15.4. The lowest BCUT2D eigenvalue weighted by Gasteiger charge is -2.33. The van der Waals surface area contributed by atoms with Gasteiger partial charge in [-0.2, -0.15) is 0 Å². The van der Waals surface area contributed by atoms with E-state index < -0.39 is 21.6 Å². The van der Waals surface area contributed by atoms with E-state index in [1.807, 2.05) is 27.7 Å². The molecule has 2 amide bonds. The number of carbonyl (C=O) groups excluding carboxylic acids is 2. The first kappa shape index (κ1) is 33.0. The molecule has 12 heteroatoms. The van der Waals surface area contributed by atoms with Gasteiger partial charge >= 0.3 is 0 Å². The van der Waals surface area contributed by atoms with Crippen molar-refractivity contribution in [1.29, 1.82) is 0 Å². The molecule has 1 atom stereocenters. The molecule has 0 unspecified atom stereocenters. The number of hydrogen-bond acceptors (Lipinski definition) is 5. The van der Waals surface area contributed by atoms with Crippen LogP contribution in [0.5, 0.6) is 5.75 Å². The zero-order valence-corrected chi connectivity index (χ0v) is 26.1. The number of carbonyl (C=O) groups is 2. The van der Waals surface area contributed by atoms with E-state index >= 15 is 0 Å². The standard InChI is InChI=1S/C27H36Cl3N3O5S/c1-7-23(26(35)31-27(2,3)4)32(17-18-10-11-19(28)15-21(18)29)25(34)9-8-14-33(39(6,36)37)20-12-13-24(38-5)22(30)16-20/h10-13,15-16,23H,7-9,14,17H2,1-6H3,(H,31,35)/t23-/m0/s1. The van der Waals surface area contributed by atoms with E-state index in [4.69, 9.17) is 39.5 Å². The van der Waals surface area contributed by atoms with Crippen LogP contribution in [0.15, 0.2) is 36.4 Å². The number of sulfonamides is 1. The van der Waals surface area contributed by atoms with E-state index in [1.54, 1.807) is 30.3 Å². The first-order valence-electron chi connectivity index (χ1n) is 12.4. The normalized spacial score (nSPS) is 12.5. The van der Waals surface area contributed by atoms with Gasteiger partial charge in [0.05, 0.1) is 24.1 Å². The monoisotopic (exact) mass is 619 g/mol. The lowest BCUT2D eigenvalue weighted by molar-refractivity contribution is -0.142. The molecule has 39 heavy (non-hydrogen) atoms. The second kappa shape index (κ2) is 13.9. The number of rotatable bonds is 12. The van der Waals surface area contributed by atoms with Crippen LogP contribution in [0.3, 0.4) is 0 Å². The molecular formula is C27H36Cl3N3O5S. The Bertz CT molecular complexity index is 1280. The van der Waals surface area contributed by atoms with Crippen LogP contribution in [0.2, 0.25) is 15.1 Å². The maximum atomic E-state index is 13.6. The van der Waals surface area contributed by atoms with Gasteiger partial charge in [0.25, 0.3) is 0 Å². The smallest absolute Gasteiger partial charge is 0.243 e. The summed E-state index contributed by atoms with van der Waals surface area (Å²) in [4.78, 5) is 28.2. The summed E-state index contributed by atoms with van der Waals surface area (Å²) in [6.45, 7) is 7.55. The number of nitrogens with one attached hydrogen (secondary N) is 1. The van der Waals surface area contributed by atoms with E-state index in [2.05, 4.69) is 5.32 Å². The van der Waals surface area contributed by atoms with Gasteiger partial charge in [0, 0.05) is 35.1 Å². The highest BCUT2D eigenvalue weighted by atomic mass is 35.5. The summed E-state index contributed by atoms with van der Waals surface area (Å²) < 4.78 is 31.5. The Morgan fingerprint density at radius 3 is 2.23 bits per heavy atom. The fourth-order valence-corrected chi connectivity index (χ4v) is 5.70. The fraction of sp³-hybridized carbons (Fsp3) is 0.481. The van der Waals surface area contributed by atoms with Crippen molar-refractivity contribution in [3.63, 3.8) is 0 Å². The average molecular weight is 621 g/mol. The Hall–Kier alpha value is -2.20. The van der Waals surface area contributed by atoms with Gasteiger partial charge in [-0.3, -0.25) is 13.9 Å². The van der Waals surface area contributed by atoms with Gasteiger partial charge in [-0.25, -0.2) is 8.42 Å². The number of anilines is 1. The summed E-state index contributed by atoms with van der Waals surface area (Å²) in [6.07, 6.45) is 1.67. The zero-order valence-electron chi connectivity index (χ0n) is 23.1. The highest BCUT2D eigenvalue weighted by molar-refractivity contribution is 7.92. The molecule has 0 fully saturated rings. The third-order valence-corrected chi connectivity index (χ3v) is 7.89. The van der Waals surface area contributed by atoms with Crippen molar-refractivity contribution < 1.29 is 22.7 Å². The van der Waals surface area contributed by atoms with E-state index in [1.165, 1.54) is 22.4 Å². The van der Waals surface area contributed by atoms with Crippen molar-refractivity contribution in [2.24, 2.45) is 0 Å². The molecular weight excluding hydrogens is 585 g/mol. The first-order chi connectivity index (χ1) is 18.1. The predicted molar refractivity (Wildman–Crippen MR) is 158 cm³/mol. The largest absolute Gasteiger partial charge is 0.495 e. The second-order valence-corrected chi connectivity index (χ2v) is 13.3. The lowest BCUT2D eigenvalue weighted by Crippen LogP contribution is -2.53. The van der Waals surface area contributed by atoms with Crippen molar-refractivity contribution in [3.05, 3.63) is 57.0 Å². The van der Waals surface area contributed by atoms with Gasteiger partial charge in [-0.15, -0.1) is 0 Å². The molecule has 8 nitrogen and oxygen atoms in total. The van der Waals surface area contributed by atoms with Crippen LogP contribution in [-0.4, -0.2) is 56.6 Å². The third-order valence-electron chi connectivity index (χ3n) is 5.82. The number of methoxy groups -OCH3 is 1. The molecule has 2 rings (SSSR count). The molecule has 0 aliphatic carbocycles. The molecule has 2 aromatic carbocycles. The van der Waals surface area contributed by atoms with Crippen molar-refractivity contribution in [1.82, 2.24) is 10.2 Å². The molecule has 0 aromatic heterocycles. The van der Waals surface area contributed by atoms with Crippen LogP contribution in [0.1, 0.15) is 52.5 Å². The highest BCUT2D eigenvalue weighted by Crippen LogP contribution is 2.30. The Labute approximate surface area is 246 Å². The molecule has 0 saturated heterocycles. The summed E-state index contributed by atoms with van der Waals surface area (Å²) in [5.74, 6) is -0.174. The summed E-state index contributed by atoms with van der Waals surface area (Å²) >= 11 is 18.6. The van der Waals surface area contributed by atoms with Crippen molar-refractivity contribution in [2.75, 3.05) is 24.2 Å². The molecule has 0 aliphatic heterocycles. The number of benzene rings is 2. The van der Waals surface area contributed by atoms with Gasteiger partial charge < -0.3 is 15.0 Å². The second-order valence-electron chi connectivity index (χ2n) is 10.2. The quantitative estimate of drug-likeness (QED) is 0.318. The van der Waals surface area contributed by atoms with Crippen LogP contribution in [0.25, 0.3) is 0 Å². The summed E-state index contributed by atoms with van der Waals surface area (Å²) in [7, 11) is -2.20. The minimum Gasteiger partial charge on any atom is -0.495 e. The maximum Gasteiger partial charge on any atom is 0.243 e. The lowest BCUT2D eigenvalue weighted by atomic mass is 10.0. The summed E-state index contributed by atoms with van der Waals surface area (Å²) in [5, 5.41) is 4.05. The van der Waals surface area contributed by atoms with Gasteiger partial charge in [0.15, 0.2) is 0 Å². The van der Waals surface area contributed by atoms with Crippen LogP contribution in [0, 0.1) is 0 Å². The van der Waals surface area contributed by atoms with E-state index in [-0.39, 0.29) is 42.8 Å². The number of ether oxygens (including phenoxy) is 1. The molecule has 0 spiro atoms. The molecule has 0 heterocycles. The van der Waals surface area contributed by atoms with E-state index in [0.717, 1.165) is 6.26 Å². The summed E-state index contributed by atoms with van der Waals surface area (Å²) in [5.41, 5.74) is 0.505. The van der Waals surface area contributed by atoms with Gasteiger partial charge in [0.2, 0.25) is 21.8 Å². The van der Waals surface area contributed by atoms with Crippen LogP contribution >= 0.6 is 34.8 Å². The molecule has 0 saturated carbocycles. The molecule has 216 valence electrons. The Kier molecular flexibility index (Phi) is 11.8. The SMILES string of the molecule is CC[C@@H](C(=O)NC(C)(C)C)N(Cc1ccc(Cl)cc1Cl)C(=O)CCCN(c1ccc(OC)c(Cl)c1)S(C)(=O)=O. The summed E-state index contributed by atoms with van der Waals surface area (Å²) in [6, 6.07) is 8.90. The fourth-order valence-electron chi connectivity index (χ4n) is 4.02. The number of halogens is 3. The molecule has 2 aromatic rings. The minimum absolute atomic E-state index is 0.000410. The van der Waals surface area contributed by atoms with E-state index in [9.17, 15) is 18.0 Å². The van der Waals surface area contributed by atoms with Crippen molar-refractivity contribution >= 4 is 62.3 Å². The average Bonchev–Trinajstić information content (AvgIpc) is 2.81. The Morgan fingerprint density at radius 1 is 1.05 bits per heavy atom. The Morgan fingerprint density at radius 2 is 1.72 bits per heavy atom. The van der Waals surface area contributed by atoms with Gasteiger partial charge in [-0.05, 0) is 69.5 Å². The van der Waals surface area contributed by atoms with Gasteiger partial charge in [0.1, 0.15) is 11.8 Å². The predicted octanol–water partition coefficient (Wildman–Crippen LogP) is 5.92. The van der Waals surface area contributed by atoms with Crippen LogP contribution < -0.4 is 14.4 Å². The molecule has 0 bridgehead atoms. The molecule has 1 N–H and O–H groups in total.